The average Bonchev–Trinajstić information content (AvgIpc) is 2.15. The Labute approximate surface area is 103 Å². The SMILES string of the molecule is CC([Si])=C(C)c1ccccc1O[Si](C)(C)C. The summed E-state index contributed by atoms with van der Waals surface area (Å²) in [4.78, 5) is 0. The molecule has 0 saturated carbocycles. The first-order chi connectivity index (χ1) is 7.31. The Balaban J connectivity index is 3.16. The second-order valence-electron chi connectivity index (χ2n) is 4.96. The van der Waals surface area contributed by atoms with E-state index in [4.69, 9.17) is 4.43 Å². The monoisotopic (exact) mass is 247 g/mol. The van der Waals surface area contributed by atoms with E-state index >= 15 is 0 Å². The van der Waals surface area contributed by atoms with Gasteiger partial charge < -0.3 is 4.43 Å². The molecule has 0 heterocycles. The fourth-order valence-electron chi connectivity index (χ4n) is 1.40. The molecule has 85 valence electrons. The van der Waals surface area contributed by atoms with E-state index < -0.39 is 8.32 Å². The van der Waals surface area contributed by atoms with E-state index in [1.165, 1.54) is 11.1 Å². The predicted octanol–water partition coefficient (Wildman–Crippen LogP) is 3.82. The number of allylic oxidation sites excluding steroid dienone is 2. The summed E-state index contributed by atoms with van der Waals surface area (Å²) >= 11 is 0. The molecule has 0 fully saturated rings. The molecule has 0 aliphatic heterocycles. The largest absolute Gasteiger partial charge is 0.544 e. The molecule has 1 aromatic carbocycles. The standard InChI is InChI=1S/C13H19OSi2/c1-10(11(2)15)12-8-6-7-9-13(12)14-16(3,4)5/h6-9H,1-5H3. The molecule has 1 nitrogen and oxygen atoms in total. The molecule has 3 heteroatoms. The second-order valence-corrected chi connectivity index (χ2v) is 10.1. The van der Waals surface area contributed by atoms with Crippen molar-refractivity contribution in [2.45, 2.75) is 33.5 Å². The zero-order valence-electron chi connectivity index (χ0n) is 10.7. The van der Waals surface area contributed by atoms with Crippen molar-refractivity contribution in [1.29, 1.82) is 0 Å². The molecule has 3 radical (unpaired) electrons. The highest BCUT2D eigenvalue weighted by atomic mass is 28.4. The van der Waals surface area contributed by atoms with Gasteiger partial charge in [0.1, 0.15) is 5.75 Å². The highest BCUT2D eigenvalue weighted by molar-refractivity contribution is 6.70. The van der Waals surface area contributed by atoms with Gasteiger partial charge in [-0.05, 0) is 45.1 Å². The first-order valence-electron chi connectivity index (χ1n) is 5.49. The zero-order chi connectivity index (χ0) is 12.3. The van der Waals surface area contributed by atoms with Gasteiger partial charge in [-0.3, -0.25) is 0 Å². The van der Waals surface area contributed by atoms with Gasteiger partial charge in [-0.1, -0.05) is 23.4 Å². The van der Waals surface area contributed by atoms with E-state index in [1.54, 1.807) is 0 Å². The summed E-state index contributed by atoms with van der Waals surface area (Å²) in [7, 11) is 2.03. The summed E-state index contributed by atoms with van der Waals surface area (Å²) in [5, 5.41) is 1.15. The second kappa shape index (κ2) is 5.02. The van der Waals surface area contributed by atoms with Crippen molar-refractivity contribution in [1.82, 2.24) is 0 Å². The number of hydrogen-bond donors (Lipinski definition) is 0. The predicted molar refractivity (Wildman–Crippen MR) is 74.4 cm³/mol. The molecule has 1 aromatic rings. The highest BCUT2D eigenvalue weighted by Gasteiger charge is 2.18. The molecule has 0 spiro atoms. The third-order valence-corrected chi connectivity index (χ3v) is 3.48. The van der Waals surface area contributed by atoms with Crippen molar-refractivity contribution in [3.8, 4) is 5.75 Å². The van der Waals surface area contributed by atoms with Gasteiger partial charge in [-0.25, -0.2) is 0 Å². The van der Waals surface area contributed by atoms with Gasteiger partial charge in [0.25, 0.3) is 0 Å². The number of para-hydroxylation sites is 1. The summed E-state index contributed by atoms with van der Waals surface area (Å²) < 4.78 is 6.09. The van der Waals surface area contributed by atoms with Crippen LogP contribution in [-0.2, 0) is 0 Å². The number of hydrogen-bond acceptors (Lipinski definition) is 1. The Morgan fingerprint density at radius 3 is 2.19 bits per heavy atom. The molecule has 0 aromatic heterocycles. The van der Waals surface area contributed by atoms with Crippen LogP contribution < -0.4 is 4.43 Å². The highest BCUT2D eigenvalue weighted by Crippen LogP contribution is 2.28. The van der Waals surface area contributed by atoms with E-state index in [0.717, 1.165) is 10.9 Å². The van der Waals surface area contributed by atoms with Crippen LogP contribution in [-0.4, -0.2) is 18.6 Å². The minimum absolute atomic E-state index is 0.997. The molecule has 1 rings (SSSR count). The van der Waals surface area contributed by atoms with Crippen molar-refractivity contribution in [2.75, 3.05) is 0 Å². The maximum Gasteiger partial charge on any atom is 0.242 e. The van der Waals surface area contributed by atoms with E-state index in [0.29, 0.717) is 0 Å². The molecule has 16 heavy (non-hydrogen) atoms. The molecule has 0 atom stereocenters. The Morgan fingerprint density at radius 1 is 1.12 bits per heavy atom. The molecular formula is C13H19OSi2. The van der Waals surface area contributed by atoms with E-state index in [9.17, 15) is 0 Å². The lowest BCUT2D eigenvalue weighted by Gasteiger charge is -2.22. The lowest BCUT2D eigenvalue weighted by atomic mass is 10.1. The Bertz CT molecular complexity index is 399. The average molecular weight is 247 g/mol. The Morgan fingerprint density at radius 2 is 1.69 bits per heavy atom. The minimum atomic E-state index is -1.55. The molecular weight excluding hydrogens is 228 g/mol. The fraction of sp³-hybridized carbons (Fsp3) is 0.385. The number of rotatable bonds is 3. The van der Waals surface area contributed by atoms with Gasteiger partial charge in [0.15, 0.2) is 0 Å². The molecule has 0 unspecified atom stereocenters. The molecule has 0 bridgehead atoms. The van der Waals surface area contributed by atoms with Crippen LogP contribution in [0.2, 0.25) is 19.6 Å². The maximum absolute atomic E-state index is 6.09. The van der Waals surface area contributed by atoms with Gasteiger partial charge in [0.2, 0.25) is 8.32 Å². The van der Waals surface area contributed by atoms with Crippen LogP contribution >= 0.6 is 0 Å². The van der Waals surface area contributed by atoms with Crippen LogP contribution in [0.25, 0.3) is 5.57 Å². The maximum atomic E-state index is 6.09. The molecule has 0 amide bonds. The van der Waals surface area contributed by atoms with Crippen LogP contribution in [0.4, 0.5) is 0 Å². The van der Waals surface area contributed by atoms with E-state index in [2.05, 4.69) is 49.8 Å². The molecule has 0 aliphatic rings. The van der Waals surface area contributed by atoms with E-state index in [1.807, 2.05) is 18.2 Å². The van der Waals surface area contributed by atoms with Crippen LogP contribution in [0, 0.1) is 0 Å². The Hall–Kier alpha value is -0.806. The van der Waals surface area contributed by atoms with Crippen molar-refractivity contribution < 1.29 is 4.43 Å². The molecule has 0 N–H and O–H groups in total. The van der Waals surface area contributed by atoms with Crippen molar-refractivity contribution in [2.24, 2.45) is 0 Å². The molecule has 0 saturated heterocycles. The first-order valence-corrected chi connectivity index (χ1v) is 9.39. The summed E-state index contributed by atoms with van der Waals surface area (Å²) in [5.74, 6) is 0.997. The number of benzene rings is 1. The lowest BCUT2D eigenvalue weighted by molar-refractivity contribution is 0.556. The van der Waals surface area contributed by atoms with Gasteiger partial charge in [-0.15, -0.1) is 0 Å². The van der Waals surface area contributed by atoms with Crippen LogP contribution in [0.15, 0.2) is 29.5 Å². The van der Waals surface area contributed by atoms with E-state index in [-0.39, 0.29) is 0 Å². The van der Waals surface area contributed by atoms with Gasteiger partial charge in [0, 0.05) is 5.56 Å². The summed E-state index contributed by atoms with van der Waals surface area (Å²) in [6, 6.07) is 8.22. The summed E-state index contributed by atoms with van der Waals surface area (Å²) in [5.41, 5.74) is 2.41. The van der Waals surface area contributed by atoms with Gasteiger partial charge in [0.05, 0.1) is 10.2 Å². The normalized spacial score (nSPS) is 13.4. The fourth-order valence-corrected chi connectivity index (χ4v) is 2.37. The van der Waals surface area contributed by atoms with Crippen LogP contribution in [0.5, 0.6) is 5.75 Å². The Kier molecular flexibility index (Phi) is 4.16. The lowest BCUT2D eigenvalue weighted by Crippen LogP contribution is -2.29. The van der Waals surface area contributed by atoms with Crippen molar-refractivity contribution in [3.63, 3.8) is 0 Å². The third kappa shape index (κ3) is 3.65. The van der Waals surface area contributed by atoms with Crippen molar-refractivity contribution in [3.05, 3.63) is 35.0 Å². The third-order valence-electron chi connectivity index (χ3n) is 2.27. The first kappa shape index (κ1) is 13.3. The topological polar surface area (TPSA) is 9.23 Å². The summed E-state index contributed by atoms with van der Waals surface area (Å²) in [6.07, 6.45) is 0. The van der Waals surface area contributed by atoms with Gasteiger partial charge >= 0.3 is 0 Å². The van der Waals surface area contributed by atoms with Gasteiger partial charge in [-0.2, -0.15) is 0 Å². The zero-order valence-corrected chi connectivity index (χ0v) is 12.7. The van der Waals surface area contributed by atoms with Crippen LogP contribution in [0.3, 0.4) is 0 Å². The van der Waals surface area contributed by atoms with Crippen LogP contribution in [0.1, 0.15) is 19.4 Å². The smallest absolute Gasteiger partial charge is 0.242 e. The van der Waals surface area contributed by atoms with Crippen molar-refractivity contribution >= 4 is 24.1 Å². The summed E-state index contributed by atoms with van der Waals surface area (Å²) in [6.45, 7) is 10.8. The molecule has 0 aliphatic carbocycles. The quantitative estimate of drug-likeness (QED) is 0.738. The minimum Gasteiger partial charge on any atom is -0.544 e.